The summed E-state index contributed by atoms with van der Waals surface area (Å²) in [6, 6.07) is 5.09. The van der Waals surface area contributed by atoms with Gasteiger partial charge in [0.25, 0.3) is 5.69 Å². The van der Waals surface area contributed by atoms with Crippen LogP contribution in [0, 0.1) is 10.1 Å². The van der Waals surface area contributed by atoms with Gasteiger partial charge in [-0.15, -0.1) is 0 Å². The number of ketones is 1. The van der Waals surface area contributed by atoms with Crippen LogP contribution in [0.1, 0.15) is 33.2 Å². The van der Waals surface area contributed by atoms with Crippen LogP contribution in [0.4, 0.5) is 5.69 Å². The molecule has 0 fully saturated rings. The Hall–Kier alpha value is -3.13. The van der Waals surface area contributed by atoms with Crippen molar-refractivity contribution in [2.75, 3.05) is 6.61 Å². The Morgan fingerprint density at radius 1 is 1.20 bits per heavy atom. The second-order valence-corrected chi connectivity index (χ2v) is 5.27. The maximum Gasteiger partial charge on any atom is 0.341 e. The summed E-state index contributed by atoms with van der Waals surface area (Å²) in [5.74, 6) is -2.73. The van der Waals surface area contributed by atoms with Gasteiger partial charge in [-0.05, 0) is 25.1 Å². The molecule has 2 aromatic rings. The maximum absolute atomic E-state index is 12.6. The first-order valence-corrected chi connectivity index (χ1v) is 7.35. The predicted molar refractivity (Wildman–Crippen MR) is 87.3 cm³/mol. The molecule has 25 heavy (non-hydrogen) atoms. The van der Waals surface area contributed by atoms with E-state index in [0.29, 0.717) is 0 Å². The molecule has 0 aliphatic rings. The van der Waals surface area contributed by atoms with Gasteiger partial charge in [0.15, 0.2) is 5.78 Å². The van der Waals surface area contributed by atoms with E-state index in [4.69, 9.17) is 16.3 Å². The Bertz CT molecular complexity index is 879. The van der Waals surface area contributed by atoms with Crippen molar-refractivity contribution in [1.29, 1.82) is 0 Å². The Morgan fingerprint density at radius 2 is 1.88 bits per heavy atom. The lowest BCUT2D eigenvalue weighted by molar-refractivity contribution is -0.384. The third kappa shape index (κ3) is 3.69. The molecular formula is C16H12ClNO7. The molecular weight excluding hydrogens is 354 g/mol. The summed E-state index contributed by atoms with van der Waals surface area (Å²) in [5, 5.41) is 30.2. The summed E-state index contributed by atoms with van der Waals surface area (Å²) in [7, 11) is 0. The number of hydrogen-bond donors (Lipinski definition) is 2. The number of nitrogens with zero attached hydrogens (tertiary/aromatic N) is 1. The van der Waals surface area contributed by atoms with Gasteiger partial charge in [0.1, 0.15) is 17.1 Å². The van der Waals surface area contributed by atoms with Gasteiger partial charge < -0.3 is 14.9 Å². The van der Waals surface area contributed by atoms with Crippen LogP contribution >= 0.6 is 11.6 Å². The van der Waals surface area contributed by atoms with Gasteiger partial charge >= 0.3 is 5.97 Å². The van der Waals surface area contributed by atoms with Crippen molar-refractivity contribution in [3.05, 3.63) is 62.2 Å². The lowest BCUT2D eigenvalue weighted by Crippen LogP contribution is -2.09. The van der Waals surface area contributed by atoms with Crippen molar-refractivity contribution in [3.63, 3.8) is 0 Å². The zero-order valence-corrected chi connectivity index (χ0v) is 13.6. The van der Waals surface area contributed by atoms with Crippen molar-refractivity contribution in [1.82, 2.24) is 0 Å². The van der Waals surface area contributed by atoms with E-state index >= 15 is 0 Å². The molecule has 0 spiro atoms. The fourth-order valence-corrected chi connectivity index (χ4v) is 2.29. The lowest BCUT2D eigenvalue weighted by Gasteiger charge is -2.09. The molecule has 0 amide bonds. The minimum absolute atomic E-state index is 0.0414. The largest absolute Gasteiger partial charge is 0.507 e. The normalized spacial score (nSPS) is 10.3. The molecule has 0 aliphatic heterocycles. The van der Waals surface area contributed by atoms with E-state index in [1.807, 2.05) is 0 Å². The molecule has 0 heterocycles. The lowest BCUT2D eigenvalue weighted by atomic mass is 9.99. The third-order valence-corrected chi connectivity index (χ3v) is 3.54. The number of benzene rings is 2. The van der Waals surface area contributed by atoms with E-state index in [1.54, 1.807) is 6.92 Å². The number of rotatable bonds is 5. The van der Waals surface area contributed by atoms with Gasteiger partial charge in [-0.1, -0.05) is 11.6 Å². The fraction of sp³-hybridized carbons (Fsp3) is 0.125. The maximum atomic E-state index is 12.6. The van der Waals surface area contributed by atoms with E-state index in [1.165, 1.54) is 0 Å². The van der Waals surface area contributed by atoms with Gasteiger partial charge in [-0.25, -0.2) is 4.79 Å². The van der Waals surface area contributed by atoms with Gasteiger partial charge in [-0.2, -0.15) is 0 Å². The molecule has 0 bridgehead atoms. The van der Waals surface area contributed by atoms with Crippen molar-refractivity contribution in [3.8, 4) is 11.5 Å². The second-order valence-electron chi connectivity index (χ2n) is 4.86. The number of hydrogen-bond acceptors (Lipinski definition) is 7. The van der Waals surface area contributed by atoms with E-state index in [2.05, 4.69) is 0 Å². The van der Waals surface area contributed by atoms with Crippen molar-refractivity contribution < 1.29 is 29.5 Å². The highest BCUT2D eigenvalue weighted by Gasteiger charge is 2.23. The molecule has 2 rings (SSSR count). The van der Waals surface area contributed by atoms with E-state index in [0.717, 1.165) is 30.3 Å². The van der Waals surface area contributed by atoms with Crippen molar-refractivity contribution >= 4 is 29.0 Å². The number of carbonyl (C=O) groups is 2. The number of non-ortho nitro benzene ring substituents is 1. The smallest absolute Gasteiger partial charge is 0.341 e. The average molecular weight is 366 g/mol. The Kier molecular flexibility index (Phi) is 5.23. The molecule has 0 saturated heterocycles. The number of phenolic OH excluding ortho intramolecular Hbond substituents is 2. The molecule has 0 aliphatic carbocycles. The topological polar surface area (TPSA) is 127 Å². The van der Waals surface area contributed by atoms with Gasteiger partial charge in [-0.3, -0.25) is 14.9 Å². The number of aromatic hydroxyl groups is 2. The number of ether oxygens (including phenoxy) is 1. The highest BCUT2D eigenvalue weighted by molar-refractivity contribution is 6.33. The Labute approximate surface area is 146 Å². The first kappa shape index (κ1) is 18.2. The number of halogens is 1. The number of esters is 1. The summed E-state index contributed by atoms with van der Waals surface area (Å²) >= 11 is 5.84. The highest BCUT2D eigenvalue weighted by atomic mass is 35.5. The van der Waals surface area contributed by atoms with Crippen LogP contribution in [0.2, 0.25) is 5.02 Å². The molecule has 0 radical (unpaired) electrons. The number of carbonyl (C=O) groups excluding carboxylic acids is 2. The van der Waals surface area contributed by atoms with Crippen LogP contribution < -0.4 is 0 Å². The summed E-state index contributed by atoms with van der Waals surface area (Å²) in [4.78, 5) is 34.5. The molecule has 130 valence electrons. The quantitative estimate of drug-likeness (QED) is 0.360. The zero-order valence-electron chi connectivity index (χ0n) is 12.9. The highest BCUT2D eigenvalue weighted by Crippen LogP contribution is 2.32. The Morgan fingerprint density at radius 3 is 2.48 bits per heavy atom. The first-order valence-electron chi connectivity index (χ1n) is 6.98. The van der Waals surface area contributed by atoms with Crippen LogP contribution in [0.5, 0.6) is 11.5 Å². The molecule has 0 atom stereocenters. The summed E-state index contributed by atoms with van der Waals surface area (Å²) in [5.41, 5.74) is -1.22. The average Bonchev–Trinajstić information content (AvgIpc) is 2.56. The van der Waals surface area contributed by atoms with Crippen LogP contribution in [0.15, 0.2) is 30.3 Å². The fourth-order valence-electron chi connectivity index (χ4n) is 2.07. The number of nitro benzene ring substituents is 1. The van der Waals surface area contributed by atoms with Gasteiger partial charge in [0, 0.05) is 17.7 Å². The van der Waals surface area contributed by atoms with Crippen LogP contribution in [0.25, 0.3) is 0 Å². The van der Waals surface area contributed by atoms with Crippen LogP contribution in [0.3, 0.4) is 0 Å². The molecule has 2 N–H and O–H groups in total. The number of nitro groups is 1. The predicted octanol–water partition coefficient (Wildman–Crippen LogP) is 3.07. The van der Waals surface area contributed by atoms with Gasteiger partial charge in [0.2, 0.25) is 0 Å². The summed E-state index contributed by atoms with van der Waals surface area (Å²) in [6.07, 6.45) is 0. The van der Waals surface area contributed by atoms with E-state index < -0.39 is 33.9 Å². The SMILES string of the molecule is CCOC(=O)c1cc(C(=O)c2cc([N+](=O)[O-])ccc2O)cc(Cl)c1O. The standard InChI is InChI=1S/C16H12ClNO7/c1-2-25-16(22)11-5-8(6-12(17)15(11)21)14(20)10-7-9(18(23)24)3-4-13(10)19/h3-7,19,21H,2H2,1H3. The second kappa shape index (κ2) is 7.18. The van der Waals surface area contributed by atoms with Crippen LogP contribution in [-0.2, 0) is 4.74 Å². The van der Waals surface area contributed by atoms with E-state index in [-0.39, 0.29) is 28.3 Å². The Balaban J connectivity index is 2.55. The molecule has 2 aromatic carbocycles. The molecule has 0 saturated carbocycles. The third-order valence-electron chi connectivity index (χ3n) is 3.26. The van der Waals surface area contributed by atoms with E-state index in [9.17, 15) is 29.9 Å². The van der Waals surface area contributed by atoms with Gasteiger partial charge in [0.05, 0.1) is 22.1 Å². The minimum atomic E-state index is -0.889. The molecule has 8 nitrogen and oxygen atoms in total. The molecule has 0 unspecified atom stereocenters. The van der Waals surface area contributed by atoms with Crippen LogP contribution in [-0.4, -0.2) is 33.5 Å². The van der Waals surface area contributed by atoms with Crippen molar-refractivity contribution in [2.45, 2.75) is 6.92 Å². The van der Waals surface area contributed by atoms with Crippen molar-refractivity contribution in [2.24, 2.45) is 0 Å². The number of phenols is 2. The molecule has 0 aromatic heterocycles. The molecule has 9 heteroatoms. The minimum Gasteiger partial charge on any atom is -0.507 e. The zero-order chi connectivity index (χ0) is 18.7. The summed E-state index contributed by atoms with van der Waals surface area (Å²) < 4.78 is 4.77. The first-order chi connectivity index (χ1) is 11.8. The monoisotopic (exact) mass is 365 g/mol. The summed E-state index contributed by atoms with van der Waals surface area (Å²) in [6.45, 7) is 1.60.